The Labute approximate surface area is 152 Å². The number of hydrogen-bond donors (Lipinski definition) is 1. The summed E-state index contributed by atoms with van der Waals surface area (Å²) in [5.41, 5.74) is -0.566. The van der Waals surface area contributed by atoms with E-state index in [1.807, 2.05) is 19.9 Å². The molecule has 0 aromatic carbocycles. The smallest absolute Gasteiger partial charge is 0.223 e. The second-order valence-electron chi connectivity index (χ2n) is 6.91. The molecule has 140 valence electrons. The van der Waals surface area contributed by atoms with Crippen molar-refractivity contribution in [3.8, 4) is 12.3 Å². The van der Waals surface area contributed by atoms with E-state index in [-0.39, 0.29) is 36.2 Å². The third-order valence-electron chi connectivity index (χ3n) is 5.15. The van der Waals surface area contributed by atoms with Crippen LogP contribution in [0.2, 0.25) is 0 Å². The minimum absolute atomic E-state index is 0.0479. The summed E-state index contributed by atoms with van der Waals surface area (Å²) in [6, 6.07) is -0.449. The Bertz CT molecular complexity index is 538. The van der Waals surface area contributed by atoms with Crippen LogP contribution in [0.25, 0.3) is 0 Å². The van der Waals surface area contributed by atoms with Crippen LogP contribution in [0.1, 0.15) is 52.9 Å². The SMILES string of the molecule is C#CCCC(=O)N[C@H]([C@H]1[C@H](/C=C\C)CC(=O)N1C)[C@](C)(CCC)OC. The van der Waals surface area contributed by atoms with Gasteiger partial charge in [-0.15, -0.1) is 12.3 Å². The van der Waals surface area contributed by atoms with Gasteiger partial charge in [-0.05, 0) is 20.3 Å². The summed E-state index contributed by atoms with van der Waals surface area (Å²) in [5.74, 6) is 2.53. The number of allylic oxidation sites excluding steroid dienone is 1. The number of methoxy groups -OCH3 is 1. The van der Waals surface area contributed by atoms with Crippen molar-refractivity contribution < 1.29 is 14.3 Å². The van der Waals surface area contributed by atoms with E-state index in [2.05, 4.69) is 24.2 Å². The third-order valence-corrected chi connectivity index (χ3v) is 5.15. The molecule has 5 nitrogen and oxygen atoms in total. The molecule has 2 amide bonds. The standard InChI is InChI=1S/C20H32N2O3/c1-7-10-12-16(23)21-19(20(4,25-6)13-9-3)18-15(11-8-2)14-17(24)22(18)5/h1,8,11,15,18-19H,9-10,12-14H2,2-6H3,(H,21,23)/b11-8-/t15-,18-,19-,20+/m1/s1. The molecule has 0 bridgehead atoms. The molecule has 1 saturated heterocycles. The maximum absolute atomic E-state index is 12.4. The molecule has 0 saturated carbocycles. The van der Waals surface area contributed by atoms with E-state index in [9.17, 15) is 9.59 Å². The van der Waals surface area contributed by atoms with Crippen LogP contribution >= 0.6 is 0 Å². The number of nitrogens with zero attached hydrogens (tertiary/aromatic N) is 1. The molecular weight excluding hydrogens is 316 g/mol. The highest BCUT2D eigenvalue weighted by Gasteiger charge is 2.48. The van der Waals surface area contributed by atoms with Gasteiger partial charge in [0, 0.05) is 39.3 Å². The van der Waals surface area contributed by atoms with E-state index in [4.69, 9.17) is 11.2 Å². The molecule has 0 radical (unpaired) electrons. The number of likely N-dealkylation sites (tertiary alicyclic amines) is 1. The lowest BCUT2D eigenvalue weighted by molar-refractivity contribution is -0.133. The highest BCUT2D eigenvalue weighted by atomic mass is 16.5. The molecule has 0 aliphatic carbocycles. The van der Waals surface area contributed by atoms with Gasteiger partial charge in [-0.3, -0.25) is 9.59 Å². The fraction of sp³-hybridized carbons (Fsp3) is 0.700. The maximum Gasteiger partial charge on any atom is 0.223 e. The number of likely N-dealkylation sites (N-methyl/N-ethyl adjacent to an activating group) is 1. The molecular formula is C20H32N2O3. The van der Waals surface area contributed by atoms with E-state index in [1.54, 1.807) is 19.1 Å². The van der Waals surface area contributed by atoms with Gasteiger partial charge in [0.2, 0.25) is 11.8 Å². The van der Waals surface area contributed by atoms with Crippen LogP contribution in [0, 0.1) is 18.3 Å². The van der Waals surface area contributed by atoms with Gasteiger partial charge in [0.15, 0.2) is 0 Å². The minimum atomic E-state index is -0.566. The molecule has 0 spiro atoms. The summed E-state index contributed by atoms with van der Waals surface area (Å²) in [4.78, 5) is 26.5. The Hall–Kier alpha value is -1.80. The lowest BCUT2D eigenvalue weighted by atomic mass is 9.81. The van der Waals surface area contributed by atoms with Crippen molar-refractivity contribution >= 4 is 11.8 Å². The van der Waals surface area contributed by atoms with Crippen molar-refractivity contribution in [2.75, 3.05) is 14.2 Å². The van der Waals surface area contributed by atoms with Crippen LogP contribution in [0.4, 0.5) is 0 Å². The number of terminal acetylenes is 1. The van der Waals surface area contributed by atoms with Crippen molar-refractivity contribution in [2.24, 2.45) is 5.92 Å². The predicted octanol–water partition coefficient (Wildman–Crippen LogP) is 2.51. The highest BCUT2D eigenvalue weighted by Crippen LogP contribution is 2.35. The van der Waals surface area contributed by atoms with Crippen LogP contribution < -0.4 is 5.32 Å². The predicted molar refractivity (Wildman–Crippen MR) is 99.8 cm³/mol. The minimum Gasteiger partial charge on any atom is -0.376 e. The van der Waals surface area contributed by atoms with Crippen LogP contribution in [-0.4, -0.2) is 48.6 Å². The fourth-order valence-electron chi connectivity index (χ4n) is 3.73. The number of ether oxygens (including phenoxy) is 1. The Balaban J connectivity index is 3.21. The largest absolute Gasteiger partial charge is 0.376 e. The van der Waals surface area contributed by atoms with Crippen molar-refractivity contribution in [3.63, 3.8) is 0 Å². The van der Waals surface area contributed by atoms with Gasteiger partial charge in [-0.2, -0.15) is 0 Å². The molecule has 1 fully saturated rings. The first-order valence-electron chi connectivity index (χ1n) is 9.01. The van der Waals surface area contributed by atoms with E-state index < -0.39 is 5.60 Å². The highest BCUT2D eigenvalue weighted by molar-refractivity contribution is 5.80. The molecule has 1 aliphatic rings. The quantitative estimate of drug-likeness (QED) is 0.514. The Morgan fingerprint density at radius 2 is 2.28 bits per heavy atom. The van der Waals surface area contributed by atoms with Crippen LogP contribution in [0.3, 0.4) is 0 Å². The van der Waals surface area contributed by atoms with Gasteiger partial charge >= 0.3 is 0 Å². The van der Waals surface area contributed by atoms with Crippen molar-refractivity contribution in [1.82, 2.24) is 10.2 Å². The molecule has 5 heteroatoms. The molecule has 4 atom stereocenters. The van der Waals surface area contributed by atoms with E-state index in [1.165, 1.54) is 0 Å². The zero-order valence-corrected chi connectivity index (χ0v) is 16.2. The number of rotatable bonds is 9. The van der Waals surface area contributed by atoms with Gasteiger partial charge in [0.25, 0.3) is 0 Å². The summed E-state index contributed by atoms with van der Waals surface area (Å²) in [5, 5.41) is 3.12. The number of amides is 2. The summed E-state index contributed by atoms with van der Waals surface area (Å²) >= 11 is 0. The second-order valence-corrected chi connectivity index (χ2v) is 6.91. The average Bonchev–Trinajstić information content (AvgIpc) is 2.85. The summed E-state index contributed by atoms with van der Waals surface area (Å²) in [6.07, 6.45) is 12.1. The van der Waals surface area contributed by atoms with Crippen molar-refractivity contribution in [2.45, 2.75) is 70.6 Å². The molecule has 0 unspecified atom stereocenters. The maximum atomic E-state index is 12.4. The van der Waals surface area contributed by atoms with Crippen molar-refractivity contribution in [3.05, 3.63) is 12.2 Å². The van der Waals surface area contributed by atoms with Gasteiger partial charge < -0.3 is 15.0 Å². The topological polar surface area (TPSA) is 58.6 Å². The van der Waals surface area contributed by atoms with E-state index >= 15 is 0 Å². The Morgan fingerprint density at radius 1 is 1.60 bits per heavy atom. The fourth-order valence-corrected chi connectivity index (χ4v) is 3.73. The lowest BCUT2D eigenvalue weighted by Gasteiger charge is -2.43. The van der Waals surface area contributed by atoms with E-state index in [0.29, 0.717) is 12.8 Å². The molecule has 0 aromatic rings. The van der Waals surface area contributed by atoms with Gasteiger partial charge in [-0.25, -0.2) is 0 Å². The average molecular weight is 348 g/mol. The van der Waals surface area contributed by atoms with Crippen molar-refractivity contribution in [1.29, 1.82) is 0 Å². The summed E-state index contributed by atoms with van der Waals surface area (Å²) in [6.45, 7) is 6.04. The molecule has 1 aliphatic heterocycles. The van der Waals surface area contributed by atoms with Gasteiger partial charge in [0.05, 0.1) is 17.7 Å². The number of hydrogen-bond acceptors (Lipinski definition) is 3. The van der Waals surface area contributed by atoms with Crippen LogP contribution in [-0.2, 0) is 14.3 Å². The summed E-state index contributed by atoms with van der Waals surface area (Å²) in [7, 11) is 3.47. The number of nitrogens with one attached hydrogen (secondary N) is 1. The number of carbonyl (C=O) groups excluding carboxylic acids is 2. The molecule has 25 heavy (non-hydrogen) atoms. The molecule has 1 heterocycles. The van der Waals surface area contributed by atoms with Crippen LogP contribution in [0.5, 0.6) is 0 Å². The number of carbonyl (C=O) groups is 2. The second kappa shape index (κ2) is 9.62. The Kier molecular flexibility index (Phi) is 8.18. The summed E-state index contributed by atoms with van der Waals surface area (Å²) < 4.78 is 5.85. The van der Waals surface area contributed by atoms with Gasteiger partial charge in [0.1, 0.15) is 0 Å². The first-order valence-corrected chi connectivity index (χ1v) is 9.01. The third kappa shape index (κ3) is 5.09. The first-order chi connectivity index (χ1) is 11.8. The first kappa shape index (κ1) is 21.2. The molecule has 0 aromatic heterocycles. The molecule has 1 N–H and O–H groups in total. The zero-order valence-electron chi connectivity index (χ0n) is 16.2. The monoisotopic (exact) mass is 348 g/mol. The van der Waals surface area contributed by atoms with Crippen LogP contribution in [0.15, 0.2) is 12.2 Å². The normalized spacial score (nSPS) is 24.2. The van der Waals surface area contributed by atoms with E-state index in [0.717, 1.165) is 12.8 Å². The van der Waals surface area contributed by atoms with Gasteiger partial charge in [-0.1, -0.05) is 25.5 Å². The Morgan fingerprint density at radius 3 is 2.80 bits per heavy atom. The lowest BCUT2D eigenvalue weighted by Crippen LogP contribution is -2.62. The molecule has 1 rings (SSSR count). The zero-order chi connectivity index (χ0) is 19.0.